The Balaban J connectivity index is 3.93. The van der Waals surface area contributed by atoms with Crippen molar-refractivity contribution < 1.29 is 42.1 Å². The molecule has 0 radical (unpaired) electrons. The SMILES string of the molecule is CCCCCCC/C=C\C/C=C\CCCCCCCCCCCCCCCCCCCCCCCC(=O)OC(COC(=O)CCCCCCCCCCCCCCCCCCCCCCCCCCCCCCC)COP(=O)([O-])OCC[N+](C)(C)C. The number of likely N-dealkylation sites (N-methyl/N-ethyl adjacent to an activating group) is 1. The van der Waals surface area contributed by atoms with Gasteiger partial charge in [0.15, 0.2) is 6.10 Å². The molecule has 0 bridgehead atoms. The van der Waals surface area contributed by atoms with Crippen LogP contribution < -0.4 is 4.89 Å². The number of carbonyl (C=O) groups excluding carboxylic acids is 2. The second-order valence-electron chi connectivity index (χ2n) is 27.4. The van der Waals surface area contributed by atoms with Crippen molar-refractivity contribution in [3.8, 4) is 0 Å². The van der Waals surface area contributed by atoms with Crippen LogP contribution in [0.5, 0.6) is 0 Å². The molecular weight excluding hydrogens is 1090 g/mol. The van der Waals surface area contributed by atoms with E-state index in [2.05, 4.69) is 38.2 Å². The Labute approximate surface area is 536 Å². The number of rotatable bonds is 72. The largest absolute Gasteiger partial charge is 0.756 e. The monoisotopic (exact) mass is 1230 g/mol. The number of quaternary nitrogens is 1. The summed E-state index contributed by atoms with van der Waals surface area (Å²) < 4.78 is 34.4. The molecule has 0 fully saturated rings. The van der Waals surface area contributed by atoms with Gasteiger partial charge in [0.05, 0.1) is 27.7 Å². The average molecular weight is 1230 g/mol. The highest BCUT2D eigenvalue weighted by molar-refractivity contribution is 7.45. The second-order valence-corrected chi connectivity index (χ2v) is 28.8. The summed E-state index contributed by atoms with van der Waals surface area (Å²) in [5.41, 5.74) is 0. The van der Waals surface area contributed by atoms with Crippen LogP contribution in [0.1, 0.15) is 399 Å². The zero-order valence-corrected chi connectivity index (χ0v) is 59.2. The maximum absolute atomic E-state index is 12.9. The molecule has 2 unspecified atom stereocenters. The lowest BCUT2D eigenvalue weighted by Gasteiger charge is -2.28. The van der Waals surface area contributed by atoms with Gasteiger partial charge in [0, 0.05) is 12.8 Å². The summed E-state index contributed by atoms with van der Waals surface area (Å²) in [6.45, 7) is 4.32. The first-order chi connectivity index (χ1) is 42.0. The number of unbranched alkanes of at least 4 members (excludes halogenated alkanes) is 54. The molecule has 0 heterocycles. The number of nitrogens with zero attached hydrogens (tertiary/aromatic N) is 1. The van der Waals surface area contributed by atoms with Crippen LogP contribution in [0.4, 0.5) is 0 Å². The maximum Gasteiger partial charge on any atom is 0.306 e. The number of hydrogen-bond acceptors (Lipinski definition) is 8. The van der Waals surface area contributed by atoms with Crippen LogP contribution in [0.25, 0.3) is 0 Å². The van der Waals surface area contributed by atoms with Crippen LogP contribution in [-0.2, 0) is 32.7 Å². The highest BCUT2D eigenvalue weighted by atomic mass is 31.2. The number of allylic oxidation sites excluding steroid dienone is 4. The van der Waals surface area contributed by atoms with Crippen molar-refractivity contribution >= 4 is 19.8 Å². The number of phosphoric acid groups is 1. The summed E-state index contributed by atoms with van der Waals surface area (Å²) in [6, 6.07) is 0. The standard InChI is InChI=1S/C76H148NO8P/c1-6-8-10-12-14-16-18-20-22-24-26-28-30-32-34-36-37-38-39-41-43-45-47-49-51-53-55-57-59-61-63-65-67-69-76(79)85-74(73-84-86(80,81)83-71-70-77(3,4)5)72-82-75(78)68-66-64-62-60-58-56-54-52-50-48-46-44-42-40-35-33-31-29-27-25-23-21-19-17-15-13-11-9-7-2/h18,20,24,26,74H,6-17,19,21-23,25,27-73H2,1-5H3/b20-18-,26-24-. The van der Waals surface area contributed by atoms with Crippen molar-refractivity contribution in [2.75, 3.05) is 47.5 Å². The Morgan fingerprint density at radius 3 is 0.919 bits per heavy atom. The van der Waals surface area contributed by atoms with Gasteiger partial charge in [-0.05, 0) is 44.9 Å². The molecule has 0 aliphatic carbocycles. The Morgan fingerprint density at radius 1 is 0.360 bits per heavy atom. The predicted molar refractivity (Wildman–Crippen MR) is 370 cm³/mol. The molecule has 0 saturated heterocycles. The summed E-state index contributed by atoms with van der Waals surface area (Å²) in [4.78, 5) is 38.1. The van der Waals surface area contributed by atoms with Gasteiger partial charge in [-0.2, -0.15) is 0 Å². The molecule has 2 atom stereocenters. The Bertz CT molecular complexity index is 1500. The van der Waals surface area contributed by atoms with E-state index < -0.39 is 26.5 Å². The fourth-order valence-electron chi connectivity index (χ4n) is 11.6. The van der Waals surface area contributed by atoms with E-state index in [1.165, 1.54) is 327 Å². The lowest BCUT2D eigenvalue weighted by atomic mass is 10.0. The van der Waals surface area contributed by atoms with Crippen molar-refractivity contribution in [2.45, 2.75) is 405 Å². The third-order valence-corrected chi connectivity index (χ3v) is 18.4. The van der Waals surface area contributed by atoms with Gasteiger partial charge < -0.3 is 27.9 Å². The first kappa shape index (κ1) is 84.5. The fourth-order valence-corrected chi connectivity index (χ4v) is 12.4. The van der Waals surface area contributed by atoms with E-state index in [0.717, 1.165) is 38.5 Å². The van der Waals surface area contributed by atoms with Gasteiger partial charge in [0.1, 0.15) is 19.8 Å². The molecule has 9 nitrogen and oxygen atoms in total. The summed E-state index contributed by atoms with van der Waals surface area (Å²) in [5, 5.41) is 0. The minimum atomic E-state index is -4.64. The predicted octanol–water partition coefficient (Wildman–Crippen LogP) is 24.2. The van der Waals surface area contributed by atoms with Gasteiger partial charge in [0.25, 0.3) is 7.82 Å². The Kier molecular flexibility index (Phi) is 66.7. The van der Waals surface area contributed by atoms with Crippen LogP contribution in [0.3, 0.4) is 0 Å². The number of hydrogen-bond donors (Lipinski definition) is 0. The van der Waals surface area contributed by atoms with E-state index in [4.69, 9.17) is 18.5 Å². The fraction of sp³-hybridized carbons (Fsp3) is 0.921. The third kappa shape index (κ3) is 71.6. The molecule has 0 aliphatic rings. The van der Waals surface area contributed by atoms with Crippen molar-refractivity contribution in [1.82, 2.24) is 0 Å². The summed E-state index contributed by atoms with van der Waals surface area (Å²) in [5.74, 6) is -0.806. The normalized spacial score (nSPS) is 13.1. The molecule has 0 rings (SSSR count). The second kappa shape index (κ2) is 67.9. The summed E-state index contributed by atoms with van der Waals surface area (Å²) in [6.07, 6.45) is 85.7. The van der Waals surface area contributed by atoms with Gasteiger partial charge in [-0.15, -0.1) is 0 Å². The van der Waals surface area contributed by atoms with Crippen LogP contribution in [0, 0.1) is 0 Å². The van der Waals surface area contributed by atoms with Crippen LogP contribution in [0.15, 0.2) is 24.3 Å². The third-order valence-electron chi connectivity index (χ3n) is 17.5. The Hall–Kier alpha value is -1.51. The molecule has 0 amide bonds. The maximum atomic E-state index is 12.9. The molecular formula is C76H148NO8P. The topological polar surface area (TPSA) is 111 Å². The first-order valence-corrected chi connectivity index (χ1v) is 39.5. The molecule has 0 aromatic carbocycles. The lowest BCUT2D eigenvalue weighted by molar-refractivity contribution is -0.870. The molecule has 10 heteroatoms. The smallest absolute Gasteiger partial charge is 0.306 e. The van der Waals surface area contributed by atoms with Crippen molar-refractivity contribution in [3.63, 3.8) is 0 Å². The zero-order valence-electron chi connectivity index (χ0n) is 58.3. The van der Waals surface area contributed by atoms with E-state index in [1.807, 2.05) is 21.1 Å². The van der Waals surface area contributed by atoms with Gasteiger partial charge in [-0.1, -0.05) is 366 Å². The number of carbonyl (C=O) groups is 2. The van der Waals surface area contributed by atoms with E-state index >= 15 is 0 Å². The van der Waals surface area contributed by atoms with Gasteiger partial charge in [-0.3, -0.25) is 14.2 Å². The molecule has 0 aromatic heterocycles. The summed E-state index contributed by atoms with van der Waals surface area (Å²) >= 11 is 0. The zero-order chi connectivity index (χ0) is 62.6. The molecule has 0 aromatic rings. The van der Waals surface area contributed by atoms with Gasteiger partial charge >= 0.3 is 11.9 Å². The van der Waals surface area contributed by atoms with E-state index in [9.17, 15) is 19.0 Å². The van der Waals surface area contributed by atoms with Crippen molar-refractivity contribution in [2.24, 2.45) is 0 Å². The number of phosphoric ester groups is 1. The van der Waals surface area contributed by atoms with E-state index in [-0.39, 0.29) is 32.0 Å². The van der Waals surface area contributed by atoms with Crippen LogP contribution >= 0.6 is 7.82 Å². The number of esters is 2. The van der Waals surface area contributed by atoms with Crippen LogP contribution in [-0.4, -0.2) is 70.0 Å². The van der Waals surface area contributed by atoms with Gasteiger partial charge in [0.2, 0.25) is 0 Å². The molecule has 510 valence electrons. The molecule has 0 spiro atoms. The van der Waals surface area contributed by atoms with Crippen LogP contribution in [0.2, 0.25) is 0 Å². The molecule has 0 N–H and O–H groups in total. The lowest BCUT2D eigenvalue weighted by Crippen LogP contribution is -2.37. The molecule has 0 saturated carbocycles. The Morgan fingerprint density at radius 2 is 0.628 bits per heavy atom. The minimum absolute atomic E-state index is 0.0264. The van der Waals surface area contributed by atoms with Gasteiger partial charge in [-0.25, -0.2) is 0 Å². The highest BCUT2D eigenvalue weighted by Crippen LogP contribution is 2.38. The first-order valence-electron chi connectivity index (χ1n) is 38.0. The summed E-state index contributed by atoms with van der Waals surface area (Å²) in [7, 11) is 1.19. The molecule has 86 heavy (non-hydrogen) atoms. The highest BCUT2D eigenvalue weighted by Gasteiger charge is 2.22. The average Bonchev–Trinajstić information content (AvgIpc) is 3.70. The number of ether oxygens (including phenoxy) is 2. The quantitative estimate of drug-likeness (QED) is 0.0195. The van der Waals surface area contributed by atoms with Crippen molar-refractivity contribution in [1.29, 1.82) is 0 Å². The van der Waals surface area contributed by atoms with E-state index in [1.54, 1.807) is 0 Å². The van der Waals surface area contributed by atoms with E-state index in [0.29, 0.717) is 17.4 Å². The van der Waals surface area contributed by atoms with Crippen molar-refractivity contribution in [3.05, 3.63) is 24.3 Å². The minimum Gasteiger partial charge on any atom is -0.756 e. The molecule has 0 aliphatic heterocycles.